The molecule has 1 fully saturated rings. The first kappa shape index (κ1) is 15.0. The molecule has 0 saturated carbocycles. The number of nitrogens with two attached hydrogens (primary N) is 1. The number of benzene rings is 1. The number of carbonyl (C=O) groups is 1. The summed E-state index contributed by atoms with van der Waals surface area (Å²) in [5.41, 5.74) is 7.01. The van der Waals surface area contributed by atoms with Crippen LogP contribution in [0.15, 0.2) is 30.3 Å². The van der Waals surface area contributed by atoms with E-state index in [1.807, 2.05) is 30.3 Å². The van der Waals surface area contributed by atoms with Crippen molar-refractivity contribution in [2.24, 2.45) is 5.73 Å². The largest absolute Gasteiger partial charge is 0.374 e. The van der Waals surface area contributed by atoms with Crippen LogP contribution in [0, 0.1) is 0 Å². The maximum Gasteiger partial charge on any atom is 0.221 e. The smallest absolute Gasteiger partial charge is 0.221 e. The summed E-state index contributed by atoms with van der Waals surface area (Å²) in [6, 6.07) is 9.42. The molecule has 0 radical (unpaired) electrons. The first-order valence-electron chi connectivity index (χ1n) is 7.02. The molecule has 0 spiro atoms. The predicted octanol–water partition coefficient (Wildman–Crippen LogP) is 0.523. The van der Waals surface area contributed by atoms with Crippen molar-refractivity contribution < 1.29 is 9.53 Å². The van der Waals surface area contributed by atoms with Crippen LogP contribution in [0.1, 0.15) is 18.0 Å². The van der Waals surface area contributed by atoms with Gasteiger partial charge in [0.2, 0.25) is 5.91 Å². The molecule has 0 bridgehead atoms. The maximum absolute atomic E-state index is 11.9. The van der Waals surface area contributed by atoms with Gasteiger partial charge in [-0.15, -0.1) is 0 Å². The Kier molecular flexibility index (Phi) is 5.52. The number of rotatable bonds is 5. The SMILES string of the molecule is CN1CCOC(CNC(=O)CC(N)c2ccccc2)C1. The third-order valence-electron chi connectivity index (χ3n) is 3.50. The third kappa shape index (κ3) is 4.59. The molecule has 1 amide bonds. The van der Waals surface area contributed by atoms with Gasteiger partial charge in [-0.3, -0.25) is 4.79 Å². The summed E-state index contributed by atoms with van der Waals surface area (Å²) in [5.74, 6) is -0.0295. The van der Waals surface area contributed by atoms with Crippen molar-refractivity contribution in [3.05, 3.63) is 35.9 Å². The maximum atomic E-state index is 11.9. The summed E-state index contributed by atoms with van der Waals surface area (Å²) in [4.78, 5) is 14.1. The van der Waals surface area contributed by atoms with Crippen molar-refractivity contribution in [1.29, 1.82) is 0 Å². The molecule has 1 heterocycles. The molecule has 1 aliphatic rings. The highest BCUT2D eigenvalue weighted by Crippen LogP contribution is 2.12. The average Bonchev–Trinajstić information content (AvgIpc) is 2.46. The minimum absolute atomic E-state index is 0.0295. The molecule has 1 aromatic carbocycles. The van der Waals surface area contributed by atoms with Gasteiger partial charge in [-0.25, -0.2) is 0 Å². The number of likely N-dealkylation sites (N-methyl/N-ethyl adjacent to an activating group) is 1. The first-order valence-corrected chi connectivity index (χ1v) is 7.02. The number of carbonyl (C=O) groups excluding carboxylic acids is 1. The molecule has 2 unspecified atom stereocenters. The van der Waals surface area contributed by atoms with Gasteiger partial charge in [-0.2, -0.15) is 0 Å². The molecule has 1 aliphatic heterocycles. The molecular weight excluding hydrogens is 254 g/mol. The lowest BCUT2D eigenvalue weighted by molar-refractivity contribution is -0.122. The fraction of sp³-hybridized carbons (Fsp3) is 0.533. The van der Waals surface area contributed by atoms with Gasteiger partial charge in [-0.05, 0) is 12.6 Å². The van der Waals surface area contributed by atoms with Gasteiger partial charge in [0.15, 0.2) is 0 Å². The van der Waals surface area contributed by atoms with Gasteiger partial charge in [0.05, 0.1) is 12.7 Å². The van der Waals surface area contributed by atoms with Crippen LogP contribution in [-0.2, 0) is 9.53 Å². The molecule has 110 valence electrons. The summed E-state index contributed by atoms with van der Waals surface area (Å²) in [6.07, 6.45) is 0.373. The zero-order valence-electron chi connectivity index (χ0n) is 11.9. The molecule has 5 nitrogen and oxygen atoms in total. The Morgan fingerprint density at radius 3 is 2.95 bits per heavy atom. The second-order valence-corrected chi connectivity index (χ2v) is 5.28. The van der Waals surface area contributed by atoms with Gasteiger partial charge < -0.3 is 20.7 Å². The van der Waals surface area contributed by atoms with Crippen molar-refractivity contribution in [2.75, 3.05) is 33.3 Å². The van der Waals surface area contributed by atoms with E-state index in [1.165, 1.54) is 0 Å². The van der Waals surface area contributed by atoms with Gasteiger partial charge >= 0.3 is 0 Å². The number of morpholine rings is 1. The molecule has 0 aromatic heterocycles. The number of hydrogen-bond acceptors (Lipinski definition) is 4. The zero-order valence-corrected chi connectivity index (χ0v) is 11.9. The van der Waals surface area contributed by atoms with E-state index >= 15 is 0 Å². The van der Waals surface area contributed by atoms with Crippen molar-refractivity contribution in [3.8, 4) is 0 Å². The minimum Gasteiger partial charge on any atom is -0.374 e. The summed E-state index contributed by atoms with van der Waals surface area (Å²) in [7, 11) is 2.06. The fourth-order valence-corrected chi connectivity index (χ4v) is 2.31. The number of amides is 1. The summed E-state index contributed by atoms with van der Waals surface area (Å²) in [5, 5.41) is 2.90. The Balaban J connectivity index is 1.72. The molecule has 1 aromatic rings. The number of ether oxygens (including phenoxy) is 1. The van der Waals surface area contributed by atoms with Gasteiger partial charge in [0, 0.05) is 32.1 Å². The molecule has 2 rings (SSSR count). The molecule has 3 N–H and O–H groups in total. The Labute approximate surface area is 120 Å². The fourth-order valence-electron chi connectivity index (χ4n) is 2.31. The van der Waals surface area contributed by atoms with Crippen LogP contribution < -0.4 is 11.1 Å². The Bertz CT molecular complexity index is 424. The monoisotopic (exact) mass is 277 g/mol. The highest BCUT2D eigenvalue weighted by atomic mass is 16.5. The second kappa shape index (κ2) is 7.38. The van der Waals surface area contributed by atoms with E-state index in [4.69, 9.17) is 10.5 Å². The van der Waals surface area contributed by atoms with E-state index in [0.717, 1.165) is 25.3 Å². The number of nitrogens with one attached hydrogen (secondary N) is 1. The van der Waals surface area contributed by atoms with Crippen LogP contribution in [0.4, 0.5) is 0 Å². The molecule has 2 atom stereocenters. The first-order chi connectivity index (χ1) is 9.65. The number of hydrogen-bond donors (Lipinski definition) is 2. The normalized spacial score (nSPS) is 21.4. The van der Waals surface area contributed by atoms with E-state index in [-0.39, 0.29) is 18.1 Å². The molecule has 1 saturated heterocycles. The molecule has 0 aliphatic carbocycles. The van der Waals surface area contributed by atoms with Gasteiger partial charge in [-0.1, -0.05) is 30.3 Å². The van der Waals surface area contributed by atoms with E-state index in [2.05, 4.69) is 17.3 Å². The Morgan fingerprint density at radius 1 is 1.50 bits per heavy atom. The lowest BCUT2D eigenvalue weighted by Crippen LogP contribution is -2.46. The zero-order chi connectivity index (χ0) is 14.4. The van der Waals surface area contributed by atoms with Gasteiger partial charge in [0.1, 0.15) is 0 Å². The van der Waals surface area contributed by atoms with E-state index in [0.29, 0.717) is 13.0 Å². The summed E-state index contributed by atoms with van der Waals surface area (Å²) in [6.45, 7) is 3.07. The van der Waals surface area contributed by atoms with Gasteiger partial charge in [0.25, 0.3) is 0 Å². The van der Waals surface area contributed by atoms with Crippen molar-refractivity contribution in [3.63, 3.8) is 0 Å². The van der Waals surface area contributed by atoms with Crippen molar-refractivity contribution in [2.45, 2.75) is 18.6 Å². The Hall–Kier alpha value is -1.43. The molecule has 5 heteroatoms. The molecular formula is C15H23N3O2. The van der Waals surface area contributed by atoms with Crippen LogP contribution in [0.2, 0.25) is 0 Å². The van der Waals surface area contributed by atoms with Crippen LogP contribution >= 0.6 is 0 Å². The van der Waals surface area contributed by atoms with Crippen molar-refractivity contribution >= 4 is 5.91 Å². The number of nitrogens with zero attached hydrogens (tertiary/aromatic N) is 1. The minimum atomic E-state index is -0.258. The van der Waals surface area contributed by atoms with Crippen molar-refractivity contribution in [1.82, 2.24) is 10.2 Å². The summed E-state index contributed by atoms with van der Waals surface area (Å²) >= 11 is 0. The second-order valence-electron chi connectivity index (χ2n) is 5.28. The lowest BCUT2D eigenvalue weighted by atomic mass is 10.0. The highest BCUT2D eigenvalue weighted by molar-refractivity contribution is 5.76. The highest BCUT2D eigenvalue weighted by Gasteiger charge is 2.19. The van der Waals surface area contributed by atoms with E-state index < -0.39 is 0 Å². The standard InChI is InChI=1S/C15H23N3O2/c1-18-7-8-20-13(11-18)10-17-15(19)9-14(16)12-5-3-2-4-6-12/h2-6,13-14H,7-11,16H2,1H3,(H,17,19). The lowest BCUT2D eigenvalue weighted by Gasteiger charge is -2.30. The quantitative estimate of drug-likeness (QED) is 0.823. The van der Waals surface area contributed by atoms with Crippen LogP contribution in [0.25, 0.3) is 0 Å². The van der Waals surface area contributed by atoms with E-state index in [1.54, 1.807) is 0 Å². The third-order valence-corrected chi connectivity index (χ3v) is 3.50. The molecule has 20 heavy (non-hydrogen) atoms. The Morgan fingerprint density at radius 2 is 2.25 bits per heavy atom. The summed E-state index contributed by atoms with van der Waals surface area (Å²) < 4.78 is 5.60. The van der Waals surface area contributed by atoms with Crippen LogP contribution in [0.5, 0.6) is 0 Å². The van der Waals surface area contributed by atoms with E-state index in [9.17, 15) is 4.79 Å². The predicted molar refractivity (Wildman–Crippen MR) is 78.2 cm³/mol. The van der Waals surface area contributed by atoms with Crippen LogP contribution in [-0.4, -0.2) is 50.2 Å². The topological polar surface area (TPSA) is 67.6 Å². The van der Waals surface area contributed by atoms with Crippen LogP contribution in [0.3, 0.4) is 0 Å². The average molecular weight is 277 g/mol.